The number of carbonyl (C=O) groups excluding carboxylic acids is 1. The van der Waals surface area contributed by atoms with E-state index in [0.717, 1.165) is 16.9 Å². The molecule has 1 N–H and O–H groups in total. The van der Waals surface area contributed by atoms with Crippen LogP contribution in [-0.2, 0) is 21.2 Å². The monoisotopic (exact) mass is 455 g/mol. The number of amidine groups is 1. The summed E-state index contributed by atoms with van der Waals surface area (Å²) in [5.41, 5.74) is 2.51. The van der Waals surface area contributed by atoms with Gasteiger partial charge in [-0.25, -0.2) is 0 Å². The molecule has 8 heteroatoms. The van der Waals surface area contributed by atoms with Gasteiger partial charge >= 0.3 is 0 Å². The van der Waals surface area contributed by atoms with Gasteiger partial charge in [-0.15, -0.1) is 4.40 Å². The van der Waals surface area contributed by atoms with Crippen LogP contribution in [0, 0.1) is 12.8 Å². The van der Waals surface area contributed by atoms with Crippen LogP contribution in [0.15, 0.2) is 57.0 Å². The Bertz CT molecular complexity index is 1120. The molecule has 2 aliphatic rings. The highest BCUT2D eigenvalue weighted by Crippen LogP contribution is 2.36. The first-order chi connectivity index (χ1) is 15.4. The number of piperidine rings is 1. The Labute approximate surface area is 189 Å². The van der Waals surface area contributed by atoms with E-state index >= 15 is 0 Å². The molecule has 7 nitrogen and oxygen atoms in total. The molecule has 1 fully saturated rings. The molecule has 170 valence electrons. The van der Waals surface area contributed by atoms with Gasteiger partial charge in [0.05, 0.1) is 6.26 Å². The topological polar surface area (TPSA) is 92.0 Å². The average molecular weight is 456 g/mol. The molecule has 32 heavy (non-hydrogen) atoms. The third-order valence-corrected chi connectivity index (χ3v) is 7.50. The Morgan fingerprint density at radius 3 is 2.53 bits per heavy atom. The molecule has 1 saturated heterocycles. The van der Waals surface area contributed by atoms with E-state index in [-0.39, 0.29) is 11.8 Å². The maximum absolute atomic E-state index is 12.9. The van der Waals surface area contributed by atoms with Crippen molar-refractivity contribution in [2.24, 2.45) is 10.3 Å². The van der Waals surface area contributed by atoms with Gasteiger partial charge in [0.15, 0.2) is 0 Å². The maximum Gasteiger partial charge on any atom is 0.285 e. The van der Waals surface area contributed by atoms with Crippen LogP contribution in [-0.4, -0.2) is 44.7 Å². The van der Waals surface area contributed by atoms with Gasteiger partial charge in [0, 0.05) is 37.5 Å². The van der Waals surface area contributed by atoms with E-state index in [2.05, 4.69) is 9.71 Å². The standard InChI is InChI=1S/C24H29N3O4S/c1-3-21-22(18-8-6-17(2)7-9-18)32(29,30)26-23(21)27-14-11-19(12-15-27)24(28)25-13-10-20-5-4-16-31-20/h4-9,16,19H,3,10-15H2,1-2H3,(H,25,28). The van der Waals surface area contributed by atoms with Crippen LogP contribution in [0.5, 0.6) is 0 Å². The fourth-order valence-electron chi connectivity index (χ4n) is 4.33. The summed E-state index contributed by atoms with van der Waals surface area (Å²) in [4.78, 5) is 14.9. The number of rotatable bonds is 6. The summed E-state index contributed by atoms with van der Waals surface area (Å²) in [7, 11) is -3.74. The molecule has 1 aromatic heterocycles. The van der Waals surface area contributed by atoms with E-state index in [1.54, 1.807) is 6.26 Å². The van der Waals surface area contributed by atoms with E-state index in [4.69, 9.17) is 4.42 Å². The van der Waals surface area contributed by atoms with Gasteiger partial charge < -0.3 is 14.6 Å². The van der Waals surface area contributed by atoms with Crippen molar-refractivity contribution in [3.63, 3.8) is 0 Å². The van der Waals surface area contributed by atoms with Crippen LogP contribution in [0.3, 0.4) is 0 Å². The fourth-order valence-corrected chi connectivity index (χ4v) is 5.85. The third-order valence-electron chi connectivity index (χ3n) is 6.09. The van der Waals surface area contributed by atoms with Crippen molar-refractivity contribution in [2.45, 2.75) is 39.5 Å². The second-order valence-electron chi connectivity index (χ2n) is 8.30. The lowest BCUT2D eigenvalue weighted by Gasteiger charge is -2.33. The zero-order chi connectivity index (χ0) is 22.7. The van der Waals surface area contributed by atoms with E-state index in [9.17, 15) is 13.2 Å². The minimum Gasteiger partial charge on any atom is -0.469 e. The molecule has 3 heterocycles. The Hall–Kier alpha value is -2.87. The van der Waals surface area contributed by atoms with Crippen molar-refractivity contribution in [3.8, 4) is 0 Å². The zero-order valence-corrected chi connectivity index (χ0v) is 19.3. The highest BCUT2D eigenvalue weighted by atomic mass is 32.2. The van der Waals surface area contributed by atoms with Crippen LogP contribution < -0.4 is 5.32 Å². The number of carbonyl (C=O) groups is 1. The number of likely N-dealkylation sites (tertiary alicyclic amines) is 1. The normalized spacial score (nSPS) is 18.7. The van der Waals surface area contributed by atoms with Crippen LogP contribution in [0.4, 0.5) is 0 Å². The lowest BCUT2D eigenvalue weighted by Crippen LogP contribution is -2.43. The van der Waals surface area contributed by atoms with E-state index < -0.39 is 10.0 Å². The number of aryl methyl sites for hydroxylation is 1. The summed E-state index contributed by atoms with van der Waals surface area (Å²) in [5.74, 6) is 1.36. The molecule has 0 aliphatic carbocycles. The van der Waals surface area contributed by atoms with Gasteiger partial charge in [-0.2, -0.15) is 8.42 Å². The first-order valence-corrected chi connectivity index (χ1v) is 12.5. The lowest BCUT2D eigenvalue weighted by atomic mass is 9.94. The summed E-state index contributed by atoms with van der Waals surface area (Å²) in [6.07, 6.45) is 4.21. The molecule has 2 aliphatic heterocycles. The molecule has 1 aromatic carbocycles. The predicted molar refractivity (Wildman–Crippen MR) is 124 cm³/mol. The maximum atomic E-state index is 12.9. The summed E-state index contributed by atoms with van der Waals surface area (Å²) in [6.45, 7) is 5.69. The molecule has 0 bridgehead atoms. The second kappa shape index (κ2) is 9.32. The molecule has 0 unspecified atom stereocenters. The van der Waals surface area contributed by atoms with Gasteiger partial charge in [0.25, 0.3) is 10.0 Å². The molecule has 1 amide bonds. The van der Waals surface area contributed by atoms with Crippen molar-refractivity contribution in [1.82, 2.24) is 10.2 Å². The number of sulfonamides is 1. The SMILES string of the molecule is CCC1=C(c2ccc(C)cc2)S(=O)(=O)N=C1N1CCC(C(=O)NCCc2ccco2)CC1. The molecule has 0 atom stereocenters. The van der Waals surface area contributed by atoms with Gasteiger partial charge in [-0.05, 0) is 43.9 Å². The molecule has 0 saturated carbocycles. The molecular formula is C24H29N3O4S. The molecule has 0 radical (unpaired) electrons. The first kappa shape index (κ1) is 22.3. The molecule has 2 aromatic rings. The van der Waals surface area contributed by atoms with E-state index in [1.807, 2.05) is 55.1 Å². The highest BCUT2D eigenvalue weighted by molar-refractivity contribution is 8.00. The van der Waals surface area contributed by atoms with E-state index in [1.165, 1.54) is 0 Å². The summed E-state index contributed by atoms with van der Waals surface area (Å²) < 4.78 is 35.3. The molecule has 4 rings (SSSR count). The number of benzene rings is 1. The van der Waals surface area contributed by atoms with Crippen molar-refractivity contribution in [3.05, 3.63) is 65.1 Å². The van der Waals surface area contributed by atoms with Gasteiger partial charge in [0.1, 0.15) is 16.5 Å². The Morgan fingerprint density at radius 2 is 1.91 bits per heavy atom. The zero-order valence-electron chi connectivity index (χ0n) is 18.5. The van der Waals surface area contributed by atoms with Crippen molar-refractivity contribution in [2.75, 3.05) is 19.6 Å². The quantitative estimate of drug-likeness (QED) is 0.720. The highest BCUT2D eigenvalue weighted by Gasteiger charge is 2.36. The summed E-state index contributed by atoms with van der Waals surface area (Å²) in [5, 5.41) is 2.99. The Morgan fingerprint density at radius 1 is 1.19 bits per heavy atom. The number of nitrogens with zero attached hydrogens (tertiary/aromatic N) is 2. The number of hydrogen-bond donors (Lipinski definition) is 1. The van der Waals surface area contributed by atoms with Crippen LogP contribution in [0.2, 0.25) is 0 Å². The Balaban J connectivity index is 1.41. The smallest absolute Gasteiger partial charge is 0.285 e. The van der Waals surface area contributed by atoms with Gasteiger partial charge in [-0.3, -0.25) is 4.79 Å². The minimum absolute atomic E-state index is 0.0452. The van der Waals surface area contributed by atoms with Crippen molar-refractivity contribution >= 4 is 26.7 Å². The fraction of sp³-hybridized carbons (Fsp3) is 0.417. The lowest BCUT2D eigenvalue weighted by molar-refractivity contribution is -0.126. The number of hydrogen-bond acceptors (Lipinski definition) is 5. The van der Waals surface area contributed by atoms with E-state index in [0.29, 0.717) is 61.6 Å². The predicted octanol–water partition coefficient (Wildman–Crippen LogP) is 3.52. The first-order valence-electron chi connectivity index (χ1n) is 11.1. The molecular weight excluding hydrogens is 426 g/mol. The third kappa shape index (κ3) is 4.65. The average Bonchev–Trinajstić information content (AvgIpc) is 3.39. The second-order valence-corrected chi connectivity index (χ2v) is 9.84. The number of furan rings is 1. The van der Waals surface area contributed by atoms with Crippen molar-refractivity contribution < 1.29 is 17.6 Å². The summed E-state index contributed by atoms with van der Waals surface area (Å²) in [6, 6.07) is 11.2. The van der Waals surface area contributed by atoms with Gasteiger partial charge in [-0.1, -0.05) is 36.8 Å². The Kier molecular flexibility index (Phi) is 6.50. The number of nitrogens with one attached hydrogen (secondary N) is 1. The molecule has 0 spiro atoms. The minimum atomic E-state index is -3.74. The van der Waals surface area contributed by atoms with Crippen molar-refractivity contribution in [1.29, 1.82) is 0 Å². The van der Waals surface area contributed by atoms with Gasteiger partial charge in [0.2, 0.25) is 5.91 Å². The van der Waals surface area contributed by atoms with Crippen LogP contribution >= 0.6 is 0 Å². The van der Waals surface area contributed by atoms with Crippen LogP contribution in [0.25, 0.3) is 4.91 Å². The summed E-state index contributed by atoms with van der Waals surface area (Å²) >= 11 is 0. The largest absolute Gasteiger partial charge is 0.469 e. The number of amides is 1. The van der Waals surface area contributed by atoms with Crippen LogP contribution in [0.1, 0.15) is 43.1 Å².